The van der Waals surface area contributed by atoms with E-state index in [1.54, 1.807) is 626 Å². The predicted octanol–water partition coefficient (Wildman–Crippen LogP) is 32.5. The molecule has 1 saturated heterocycles. The van der Waals surface area contributed by atoms with Crippen LogP contribution in [0, 0.1) is 0 Å². The molecule has 56 aromatic rings. The van der Waals surface area contributed by atoms with E-state index < -0.39 is 22.0 Å². The van der Waals surface area contributed by atoms with Crippen molar-refractivity contribution in [2.24, 2.45) is 0 Å². The van der Waals surface area contributed by atoms with E-state index in [1.165, 1.54) is 0 Å². The smallest absolute Gasteiger partial charge is 0.137 e. The Balaban J connectivity index is 0.802. The highest BCUT2D eigenvalue weighted by Crippen LogP contribution is 2.98. The van der Waals surface area contributed by atoms with Crippen LogP contribution in [0.3, 0.4) is 0 Å². The fraction of sp³-hybridized carbons (Fsp3) is 0.0333. The summed E-state index contributed by atoms with van der Waals surface area (Å²) >= 11 is 0. The van der Waals surface area contributed by atoms with Crippen molar-refractivity contribution < 1.29 is 4.74 Å². The fourth-order valence-corrected chi connectivity index (χ4v) is 48.2. The van der Waals surface area contributed by atoms with Crippen molar-refractivity contribution in [1.29, 1.82) is 0 Å². The van der Waals surface area contributed by atoms with Gasteiger partial charge in [-0.25, -0.2) is 0 Å². The largest absolute Gasteiger partial charge is 0.347 e. The van der Waals surface area contributed by atoms with Gasteiger partial charge in [-0.05, 0) is 604 Å². The lowest BCUT2D eigenvalue weighted by molar-refractivity contribution is -0.0787. The summed E-state index contributed by atoms with van der Waals surface area (Å²) in [6, 6.07) is 0. The van der Waals surface area contributed by atoms with E-state index in [2.05, 4.69) is 0 Å². The van der Waals surface area contributed by atoms with Crippen LogP contribution in [0.15, 0.2) is 0 Å². The quantitative estimate of drug-likeness (QED) is 0.138. The first-order valence-corrected chi connectivity index (χ1v) is 45.7. The standard InChI is InChI=1S/C120O/c121-119-113-101-89-69-45-29-13-5-1-3-9-17(13)33(45)53-41-25(9)26-10(3)18-14-6(1)22-21(5)37-49(29)65-77-57(37)58-38(22)50-30(14)46-34(18)54-42(26)62-61(41)85(73(53)89)105(113)106-86(62)74(54)90-70(46)82-66(50)78(58)94-93(77)109(97(101)81(65)69)117(119,110(94)98(82)102(90)114(106)119)118-111-95-79-59-39-23-7-2-4-11-19-15(7)31-47-35(19)55-43-27(11)28-12(4)20-16-8(2)24(23)40-52-32(16)48-36(20)56-44(28)64-63(43)87-75(55)91-71(47)83(67(79)51(31)39)99(111)103(91)115-107(87)108-88(64)76(56)92-72(48)84-68(52)80(60(40)59)96(95)112(118)100(84)104(92)116(108)120(115,118)121. The summed E-state index contributed by atoms with van der Waals surface area (Å²) in [6.07, 6.45) is 0. The molecule has 1 heteroatoms. The Hall–Kier alpha value is -15.1. The van der Waals surface area contributed by atoms with Crippen LogP contribution >= 0.6 is 0 Å². The molecule has 1 fully saturated rings. The SMILES string of the molecule is O1C23c4c5c6c7c8c9c(c%10c%11c2c2c4c4c%12c5c5c6c6c8c8c%13c9c9c%10c%10c%11c%11c2c2c4c4c%12c%12c5c5c6c8c6c8c%13c9c9c%10c%10c%11c2c2c4c4c%12c5c6c5c8c9c%10c2c45)C73C23c4c5c6c7c8c9c(c%10c%11c2c2c4c4c%12c5c5c6c6c8c8c%13c9c9c%10c%10c%11c%11c2c2c4c4c%12c%12c5c5c6c8c6c8c%13c9c9c%10c%10c%11c2c2c4c4c%12c5c6c5c8c9c%10c2c45)C173. The Bertz CT molecular complexity index is 14200. The highest BCUT2D eigenvalue weighted by Gasteiger charge is 2.92. The normalized spacial score (nSPS) is 23.8. The first-order chi connectivity index (χ1) is 60.4. The molecule has 0 atom stereocenters. The monoisotopic (exact) mass is 1460 g/mol. The summed E-state index contributed by atoms with van der Waals surface area (Å²) in [5, 5.41) is 180. The second kappa shape index (κ2) is 8.84. The van der Waals surface area contributed by atoms with Crippen LogP contribution in [0.5, 0.6) is 0 Å². The average molecular weight is 1460 g/mol. The third-order valence-electron chi connectivity index (χ3n) is 47.3. The molecule has 0 aromatic heterocycles. The minimum atomic E-state index is -1.01. The van der Waals surface area contributed by atoms with Crippen molar-refractivity contribution in [3.63, 3.8) is 0 Å². The van der Waals surface area contributed by atoms with Gasteiger partial charge in [-0.1, -0.05) is 0 Å². The summed E-state index contributed by atoms with van der Waals surface area (Å²) in [5.74, 6) is 0. The molecule has 1 heterocycles. The Kier molecular flexibility index (Phi) is 3.02. The fourth-order valence-electron chi connectivity index (χ4n) is 48.2. The molecule has 121 heavy (non-hydrogen) atoms. The molecule has 0 N–H and O–H groups in total. The predicted molar refractivity (Wildman–Crippen MR) is 509 cm³/mol. The lowest BCUT2D eigenvalue weighted by atomic mass is 9.38. The van der Waals surface area contributed by atoms with Gasteiger partial charge < -0.3 is 4.74 Å². The van der Waals surface area contributed by atoms with Crippen LogP contribution < -0.4 is 0 Å². The maximum atomic E-state index is 11.3. The minimum absolute atomic E-state index is 0.839. The molecule has 0 radical (unpaired) electrons. The van der Waals surface area contributed by atoms with Crippen LogP contribution in [0.1, 0.15) is 44.5 Å². The summed E-state index contributed by atoms with van der Waals surface area (Å²) in [4.78, 5) is 0. The van der Waals surface area contributed by atoms with E-state index in [-0.39, 0.29) is 0 Å². The number of hydrogen-bond donors (Lipinski definition) is 0. The van der Waals surface area contributed by atoms with Crippen molar-refractivity contribution in [2.45, 2.75) is 22.0 Å². The summed E-state index contributed by atoms with van der Waals surface area (Å²) in [5.41, 5.74) is 10.1. The summed E-state index contributed by atoms with van der Waals surface area (Å²) < 4.78 is 11.3. The molecule has 9 aliphatic rings. The number of ether oxygens (including phenoxy) is 1. The molecule has 1 nitrogen and oxygen atoms in total. The second-order valence-corrected chi connectivity index (χ2v) is 46.5. The van der Waals surface area contributed by atoms with Gasteiger partial charge in [0.15, 0.2) is 0 Å². The summed E-state index contributed by atoms with van der Waals surface area (Å²) in [6.45, 7) is 0. The Labute approximate surface area is 648 Å². The van der Waals surface area contributed by atoms with E-state index in [1.807, 2.05) is 0 Å². The van der Waals surface area contributed by atoms with E-state index in [0.717, 1.165) is 0 Å². The topological polar surface area (TPSA) is 9.23 Å². The molecule has 0 saturated carbocycles. The highest BCUT2D eigenvalue weighted by atomic mass is 16.5. The Morgan fingerprint density at radius 2 is 0.124 bits per heavy atom. The lowest BCUT2D eigenvalue weighted by Gasteiger charge is -2.58. The average Bonchev–Trinajstić information content (AvgIpc) is 1.35. The molecule has 4 spiro atoms. The van der Waals surface area contributed by atoms with E-state index in [0.29, 0.717) is 0 Å². The van der Waals surface area contributed by atoms with Gasteiger partial charge in [0, 0.05) is 22.3 Å². The van der Waals surface area contributed by atoms with Gasteiger partial charge in [-0.3, -0.25) is 0 Å². The molecule has 1 aliphatic heterocycles. The molecular formula is C120O. The first kappa shape index (κ1) is 41.3. The van der Waals surface area contributed by atoms with Crippen molar-refractivity contribution in [2.75, 3.05) is 0 Å². The van der Waals surface area contributed by atoms with Crippen molar-refractivity contribution in [3.05, 3.63) is 44.5 Å². The van der Waals surface area contributed by atoms with Gasteiger partial charge in [-0.2, -0.15) is 0 Å². The maximum Gasteiger partial charge on any atom is 0.137 e. The van der Waals surface area contributed by atoms with Crippen LogP contribution in [0.25, 0.3) is 582 Å². The van der Waals surface area contributed by atoms with Gasteiger partial charge in [0.1, 0.15) is 11.2 Å². The van der Waals surface area contributed by atoms with E-state index >= 15 is 0 Å². The molecule has 0 unspecified atom stereocenters. The van der Waals surface area contributed by atoms with Gasteiger partial charge >= 0.3 is 0 Å². The van der Waals surface area contributed by atoms with Gasteiger partial charge in [-0.15, -0.1) is 0 Å². The van der Waals surface area contributed by atoms with Crippen molar-refractivity contribution in [1.82, 2.24) is 0 Å². The third-order valence-corrected chi connectivity index (χ3v) is 47.3. The molecule has 8 aliphatic carbocycles. The first-order valence-electron chi connectivity index (χ1n) is 45.7. The highest BCUT2D eigenvalue weighted by molar-refractivity contribution is 6.88. The second-order valence-electron chi connectivity index (χ2n) is 46.5. The zero-order chi connectivity index (χ0) is 69.7. The van der Waals surface area contributed by atoms with Gasteiger partial charge in [0.2, 0.25) is 0 Å². The lowest BCUT2D eigenvalue weighted by Crippen LogP contribution is -2.62. The number of hydrogen-bond acceptors (Lipinski definition) is 1. The number of benzene rings is 36. The molecule has 56 aromatic carbocycles. The molecular weight excluding hydrogens is 1460 g/mol. The minimum Gasteiger partial charge on any atom is -0.347 e. The number of rotatable bonds is 0. The van der Waals surface area contributed by atoms with Crippen LogP contribution in [0.4, 0.5) is 0 Å². The van der Waals surface area contributed by atoms with Gasteiger partial charge in [0.05, 0.1) is 10.8 Å². The van der Waals surface area contributed by atoms with Crippen molar-refractivity contribution >= 4 is 582 Å². The maximum absolute atomic E-state index is 11.3. The van der Waals surface area contributed by atoms with E-state index in [9.17, 15) is 4.74 Å². The van der Waals surface area contributed by atoms with Crippen LogP contribution in [-0.4, -0.2) is 0 Å². The zero-order valence-electron chi connectivity index (χ0n) is 60.4. The van der Waals surface area contributed by atoms with Crippen molar-refractivity contribution in [3.8, 4) is 0 Å². The molecule has 486 valence electrons. The van der Waals surface area contributed by atoms with E-state index in [4.69, 9.17) is 0 Å². The van der Waals surface area contributed by atoms with Crippen LogP contribution in [0.2, 0.25) is 0 Å². The van der Waals surface area contributed by atoms with Crippen LogP contribution in [-0.2, 0) is 26.8 Å². The molecule has 0 bridgehead atoms. The Morgan fingerprint density at radius 3 is 0.198 bits per heavy atom. The molecule has 65 rings (SSSR count). The summed E-state index contributed by atoms with van der Waals surface area (Å²) in [7, 11) is 0. The zero-order valence-corrected chi connectivity index (χ0v) is 60.4. The Morgan fingerprint density at radius 1 is 0.0661 bits per heavy atom. The van der Waals surface area contributed by atoms with Gasteiger partial charge in [0.25, 0.3) is 0 Å². The molecule has 0 amide bonds. The third kappa shape index (κ3) is 2.00.